The van der Waals surface area contributed by atoms with Gasteiger partial charge in [-0.3, -0.25) is 0 Å². The van der Waals surface area contributed by atoms with Gasteiger partial charge in [-0.25, -0.2) is 0 Å². The normalized spacial score (nSPS) is 17.3. The molecule has 254 valence electrons. The first-order valence-corrected chi connectivity index (χ1v) is 18.6. The molecule has 4 nitrogen and oxygen atoms in total. The molecule has 8 aromatic carbocycles. The summed E-state index contributed by atoms with van der Waals surface area (Å²) in [7, 11) is 0. The van der Waals surface area contributed by atoms with Gasteiger partial charge in [0.1, 0.15) is 17.3 Å². The molecule has 3 N–H and O–H groups in total. The van der Waals surface area contributed by atoms with Crippen LogP contribution < -0.4 is 16.0 Å². The van der Waals surface area contributed by atoms with Crippen molar-refractivity contribution in [3.8, 4) is 33.4 Å². The quantitative estimate of drug-likeness (QED) is 0.181. The van der Waals surface area contributed by atoms with Crippen molar-refractivity contribution in [3.63, 3.8) is 0 Å². The lowest BCUT2D eigenvalue weighted by atomic mass is 9.70. The number of hydrogen-bond acceptors (Lipinski definition) is 4. The van der Waals surface area contributed by atoms with Gasteiger partial charge >= 0.3 is 0 Å². The van der Waals surface area contributed by atoms with Crippen molar-refractivity contribution in [3.05, 3.63) is 204 Å². The summed E-state index contributed by atoms with van der Waals surface area (Å²) in [6.07, 6.45) is -0.0882. The van der Waals surface area contributed by atoms with Crippen LogP contribution in [0.25, 0.3) is 55.3 Å². The zero-order chi connectivity index (χ0) is 35.5. The molecule has 1 spiro atoms. The number of fused-ring (bicyclic) bond motifs is 15. The Balaban J connectivity index is 1.15. The van der Waals surface area contributed by atoms with Crippen LogP contribution in [0.15, 0.2) is 180 Å². The number of para-hydroxylation sites is 3. The number of anilines is 4. The maximum Gasteiger partial charge on any atom is 0.136 e. The van der Waals surface area contributed by atoms with E-state index in [0.717, 1.165) is 50.1 Å². The second kappa shape index (κ2) is 10.8. The Bertz CT molecular complexity index is 3000. The van der Waals surface area contributed by atoms with E-state index in [2.05, 4.69) is 174 Å². The molecular weight excluding hydrogens is 659 g/mol. The maximum atomic E-state index is 6.70. The molecule has 4 heteroatoms. The summed E-state index contributed by atoms with van der Waals surface area (Å²) in [6.45, 7) is 0. The largest absolute Gasteiger partial charge is 0.456 e. The Kier molecular flexibility index (Phi) is 5.88. The third-order valence-corrected chi connectivity index (χ3v) is 12.0. The van der Waals surface area contributed by atoms with E-state index in [1.54, 1.807) is 0 Å². The van der Waals surface area contributed by atoms with Gasteiger partial charge in [0.05, 0.1) is 16.8 Å². The molecule has 0 saturated carbocycles. The molecule has 2 atom stereocenters. The van der Waals surface area contributed by atoms with Crippen LogP contribution in [-0.2, 0) is 5.41 Å². The molecule has 54 heavy (non-hydrogen) atoms. The molecule has 0 radical (unpaired) electrons. The molecule has 0 saturated heterocycles. The molecule has 1 aromatic heterocycles. The Morgan fingerprint density at radius 2 is 1.20 bits per heavy atom. The van der Waals surface area contributed by atoms with E-state index >= 15 is 0 Å². The minimum Gasteiger partial charge on any atom is -0.456 e. The van der Waals surface area contributed by atoms with E-state index < -0.39 is 5.41 Å². The highest BCUT2D eigenvalue weighted by atomic mass is 16.3. The second-order valence-electron chi connectivity index (χ2n) is 14.7. The van der Waals surface area contributed by atoms with Crippen LogP contribution in [0.1, 0.15) is 34.0 Å². The molecule has 2 aliphatic carbocycles. The Morgan fingerprint density at radius 3 is 2.06 bits per heavy atom. The lowest BCUT2D eigenvalue weighted by Gasteiger charge is -2.32. The predicted octanol–water partition coefficient (Wildman–Crippen LogP) is 12.4. The molecule has 0 bridgehead atoms. The lowest BCUT2D eigenvalue weighted by Crippen LogP contribution is -2.27. The molecule has 3 aliphatic rings. The standard InChI is InChI=1S/C50H33N3O/c51-32-24-21-30(22-25-32)34-15-10-20-44-47(34)48-45(54-44)28-27-40-46(48)37-14-5-7-17-39(37)50(40)38-16-6-4-13-35(38)36-26-23-31(29-41(36)50)49-52-42-18-8-9-19-43(42)53(49)33-11-2-1-3-12-33/h1-29,49,52H,51H2. The van der Waals surface area contributed by atoms with E-state index in [9.17, 15) is 0 Å². The first kappa shape index (κ1) is 29.5. The van der Waals surface area contributed by atoms with Crippen LogP contribution in [0.5, 0.6) is 0 Å². The highest BCUT2D eigenvalue weighted by Gasteiger charge is 2.52. The molecule has 1 aliphatic heterocycles. The summed E-state index contributed by atoms with van der Waals surface area (Å²) in [6, 6.07) is 63.7. The van der Waals surface area contributed by atoms with Crippen LogP contribution in [0.2, 0.25) is 0 Å². The van der Waals surface area contributed by atoms with Crippen LogP contribution in [0.4, 0.5) is 22.7 Å². The van der Waals surface area contributed by atoms with E-state index in [1.165, 1.54) is 55.8 Å². The highest BCUT2D eigenvalue weighted by Crippen LogP contribution is 2.65. The number of hydrogen-bond donors (Lipinski definition) is 2. The lowest BCUT2D eigenvalue weighted by molar-refractivity contribution is 0.668. The van der Waals surface area contributed by atoms with E-state index in [1.807, 2.05) is 12.1 Å². The zero-order valence-electron chi connectivity index (χ0n) is 29.3. The summed E-state index contributed by atoms with van der Waals surface area (Å²) in [5.74, 6) is 0. The SMILES string of the molecule is Nc1ccc(-c2cccc3oc4ccc5c(c4c23)-c2ccccc2C52c3ccccc3-c3ccc(C4Nc5ccccc5N4c4ccccc4)cc32)cc1. The van der Waals surface area contributed by atoms with Crippen molar-refractivity contribution in [2.75, 3.05) is 16.0 Å². The molecule has 2 unspecified atom stereocenters. The summed E-state index contributed by atoms with van der Waals surface area (Å²) in [5.41, 5.74) is 25.4. The van der Waals surface area contributed by atoms with Gasteiger partial charge in [0.25, 0.3) is 0 Å². The molecule has 12 rings (SSSR count). The first-order valence-electron chi connectivity index (χ1n) is 18.6. The van der Waals surface area contributed by atoms with E-state index in [-0.39, 0.29) is 6.17 Å². The molecule has 9 aromatic rings. The minimum atomic E-state index is -0.523. The van der Waals surface area contributed by atoms with Gasteiger partial charge in [0.15, 0.2) is 0 Å². The second-order valence-corrected chi connectivity index (χ2v) is 14.7. The number of nitrogens with zero attached hydrogens (tertiary/aromatic N) is 1. The maximum absolute atomic E-state index is 6.70. The third-order valence-electron chi connectivity index (χ3n) is 12.0. The summed E-state index contributed by atoms with van der Waals surface area (Å²) in [4.78, 5) is 2.43. The number of nitrogens with two attached hydrogens (primary N) is 1. The zero-order valence-corrected chi connectivity index (χ0v) is 29.3. The molecule has 0 fully saturated rings. The van der Waals surface area contributed by atoms with Gasteiger partial charge < -0.3 is 20.4 Å². The van der Waals surface area contributed by atoms with Crippen LogP contribution in [0.3, 0.4) is 0 Å². The molecular formula is C50H33N3O. The summed E-state index contributed by atoms with van der Waals surface area (Å²) < 4.78 is 6.70. The number of nitrogen functional groups attached to an aromatic ring is 1. The van der Waals surface area contributed by atoms with Crippen LogP contribution >= 0.6 is 0 Å². The van der Waals surface area contributed by atoms with Crippen molar-refractivity contribution in [2.24, 2.45) is 0 Å². The van der Waals surface area contributed by atoms with Gasteiger partial charge in [-0.05, 0) is 116 Å². The highest BCUT2D eigenvalue weighted by molar-refractivity contribution is 6.20. The van der Waals surface area contributed by atoms with Crippen LogP contribution in [0, 0.1) is 0 Å². The average molecular weight is 692 g/mol. The fourth-order valence-corrected chi connectivity index (χ4v) is 9.89. The van der Waals surface area contributed by atoms with Gasteiger partial charge in [-0.1, -0.05) is 121 Å². The Labute approximate surface area is 312 Å². The fraction of sp³-hybridized carbons (Fsp3) is 0.0400. The van der Waals surface area contributed by atoms with Crippen molar-refractivity contribution >= 4 is 44.7 Å². The van der Waals surface area contributed by atoms with Gasteiger partial charge in [0.2, 0.25) is 0 Å². The Hall–Kier alpha value is -7.04. The Morgan fingerprint density at radius 1 is 0.519 bits per heavy atom. The summed E-state index contributed by atoms with van der Waals surface area (Å²) >= 11 is 0. The first-order chi connectivity index (χ1) is 26.7. The number of rotatable bonds is 3. The predicted molar refractivity (Wildman–Crippen MR) is 221 cm³/mol. The van der Waals surface area contributed by atoms with Crippen molar-refractivity contribution in [1.82, 2.24) is 0 Å². The fourth-order valence-electron chi connectivity index (χ4n) is 9.89. The topological polar surface area (TPSA) is 54.4 Å². The van der Waals surface area contributed by atoms with Crippen molar-refractivity contribution < 1.29 is 4.42 Å². The van der Waals surface area contributed by atoms with Crippen molar-refractivity contribution in [1.29, 1.82) is 0 Å². The minimum absolute atomic E-state index is 0.0882. The number of benzene rings is 8. The van der Waals surface area contributed by atoms with Gasteiger partial charge in [-0.2, -0.15) is 0 Å². The molecule has 0 amide bonds. The third kappa shape index (κ3) is 3.76. The van der Waals surface area contributed by atoms with E-state index in [0.29, 0.717) is 0 Å². The number of furan rings is 1. The summed E-state index contributed by atoms with van der Waals surface area (Å²) in [5, 5.41) is 6.19. The van der Waals surface area contributed by atoms with Gasteiger partial charge in [0, 0.05) is 22.1 Å². The monoisotopic (exact) mass is 691 g/mol. The van der Waals surface area contributed by atoms with Crippen LogP contribution in [-0.4, -0.2) is 0 Å². The van der Waals surface area contributed by atoms with Gasteiger partial charge in [-0.15, -0.1) is 0 Å². The van der Waals surface area contributed by atoms with Crippen molar-refractivity contribution in [2.45, 2.75) is 11.6 Å². The van der Waals surface area contributed by atoms with E-state index in [4.69, 9.17) is 10.2 Å². The number of nitrogens with one attached hydrogen (secondary N) is 1. The average Bonchev–Trinajstić information content (AvgIpc) is 3.96. The smallest absolute Gasteiger partial charge is 0.136 e. The molecule has 2 heterocycles.